The zero-order chi connectivity index (χ0) is 22.7. The summed E-state index contributed by atoms with van der Waals surface area (Å²) in [6.07, 6.45) is 1.50. The van der Waals surface area contributed by atoms with E-state index in [9.17, 15) is 14.8 Å². The maximum absolute atomic E-state index is 12.0. The topological polar surface area (TPSA) is 100 Å². The molecule has 0 aliphatic carbocycles. The van der Waals surface area contributed by atoms with E-state index in [2.05, 4.69) is 21.4 Å². The Hall–Kier alpha value is -4.20. The van der Waals surface area contributed by atoms with Crippen molar-refractivity contribution in [3.05, 3.63) is 82.9 Å². The lowest BCUT2D eigenvalue weighted by Crippen LogP contribution is -2.27. The van der Waals surface area contributed by atoms with Crippen molar-refractivity contribution in [1.82, 2.24) is 19.6 Å². The van der Waals surface area contributed by atoms with Crippen molar-refractivity contribution >= 4 is 28.4 Å². The van der Waals surface area contributed by atoms with E-state index < -0.39 is 5.69 Å². The molecule has 4 aromatic rings. The molecule has 4 rings (SSSR count). The molecule has 0 saturated carbocycles. The molecule has 2 aromatic heterocycles. The molecule has 2 N–H and O–H groups in total. The second-order valence-electron chi connectivity index (χ2n) is 7.37. The maximum Gasteiger partial charge on any atom is 0.384 e. The van der Waals surface area contributed by atoms with Crippen LogP contribution in [0.3, 0.4) is 0 Å². The quantitative estimate of drug-likeness (QED) is 0.452. The van der Waals surface area contributed by atoms with Gasteiger partial charge in [0, 0.05) is 31.9 Å². The van der Waals surface area contributed by atoms with E-state index >= 15 is 0 Å². The van der Waals surface area contributed by atoms with Crippen LogP contribution in [0.5, 0.6) is 0 Å². The molecule has 0 aliphatic rings. The molecule has 0 saturated heterocycles. The highest BCUT2D eigenvalue weighted by Crippen LogP contribution is 2.26. The van der Waals surface area contributed by atoms with Gasteiger partial charge in [-0.25, -0.2) is 9.78 Å². The van der Waals surface area contributed by atoms with Crippen molar-refractivity contribution in [2.24, 2.45) is 0 Å². The number of fused-ring (bicyclic) bond motifs is 1. The number of rotatable bonds is 6. The van der Waals surface area contributed by atoms with Crippen LogP contribution >= 0.6 is 0 Å². The second-order valence-corrected chi connectivity index (χ2v) is 7.37. The Labute approximate surface area is 184 Å². The SMILES string of the molecule is CCN(Cc1cccc(-c2ccc(Nc3nc(=O)n(O)c4ncccc34)cc2)c1)C(C)=O. The van der Waals surface area contributed by atoms with Crippen molar-refractivity contribution < 1.29 is 10.0 Å². The van der Waals surface area contributed by atoms with E-state index in [1.165, 1.54) is 6.20 Å². The van der Waals surface area contributed by atoms with Crippen LogP contribution in [-0.2, 0) is 11.3 Å². The number of amides is 1. The van der Waals surface area contributed by atoms with E-state index in [0.29, 0.717) is 29.0 Å². The predicted molar refractivity (Wildman–Crippen MR) is 123 cm³/mol. The Morgan fingerprint density at radius 1 is 1.09 bits per heavy atom. The summed E-state index contributed by atoms with van der Waals surface area (Å²) < 4.78 is 0.433. The summed E-state index contributed by atoms with van der Waals surface area (Å²) in [7, 11) is 0. The maximum atomic E-state index is 12.0. The van der Waals surface area contributed by atoms with Crippen LogP contribution in [0.1, 0.15) is 19.4 Å². The molecule has 8 heteroatoms. The number of nitrogens with zero attached hydrogens (tertiary/aromatic N) is 4. The van der Waals surface area contributed by atoms with Crippen molar-refractivity contribution in [2.75, 3.05) is 11.9 Å². The van der Waals surface area contributed by atoms with Gasteiger partial charge in [-0.2, -0.15) is 4.98 Å². The van der Waals surface area contributed by atoms with Crippen LogP contribution in [-0.4, -0.2) is 37.3 Å². The Bertz CT molecular complexity index is 1330. The van der Waals surface area contributed by atoms with Gasteiger partial charge in [0.1, 0.15) is 5.82 Å². The molecule has 2 aromatic carbocycles. The average Bonchev–Trinajstić information content (AvgIpc) is 2.81. The molecule has 0 bridgehead atoms. The highest BCUT2D eigenvalue weighted by molar-refractivity contribution is 5.88. The normalized spacial score (nSPS) is 10.8. The molecule has 0 fully saturated rings. The van der Waals surface area contributed by atoms with E-state index in [0.717, 1.165) is 22.4 Å². The smallest absolute Gasteiger partial charge is 0.384 e. The summed E-state index contributed by atoms with van der Waals surface area (Å²) >= 11 is 0. The van der Waals surface area contributed by atoms with Gasteiger partial charge >= 0.3 is 5.69 Å². The first-order valence-electron chi connectivity index (χ1n) is 10.2. The number of carbonyl (C=O) groups is 1. The van der Waals surface area contributed by atoms with Crippen molar-refractivity contribution in [1.29, 1.82) is 0 Å². The standard InChI is InChI=1S/C24H23N5O3/c1-3-28(16(2)30)15-17-6-4-7-19(14-17)18-9-11-20(12-10-18)26-22-21-8-5-13-25-23(21)29(32)24(31)27-22/h4-14,32H,3,15H2,1-2H3,(H,26,27,31). The fraction of sp³-hybridized carbons (Fsp3) is 0.167. The third-order valence-electron chi connectivity index (χ3n) is 5.24. The number of aromatic nitrogens is 3. The second kappa shape index (κ2) is 8.89. The van der Waals surface area contributed by atoms with Crippen LogP contribution in [0.25, 0.3) is 22.2 Å². The fourth-order valence-electron chi connectivity index (χ4n) is 3.54. The molecule has 0 unspecified atom stereocenters. The van der Waals surface area contributed by atoms with Crippen LogP contribution in [0.15, 0.2) is 71.7 Å². The van der Waals surface area contributed by atoms with Gasteiger partial charge in [-0.15, -0.1) is 4.73 Å². The number of hydrogen-bond acceptors (Lipinski definition) is 6. The molecule has 162 valence electrons. The first-order chi connectivity index (χ1) is 15.5. The number of hydrogen-bond donors (Lipinski definition) is 2. The van der Waals surface area contributed by atoms with Crippen LogP contribution in [0, 0.1) is 0 Å². The molecule has 0 atom stereocenters. The molecule has 1 amide bonds. The first kappa shape index (κ1) is 21.0. The van der Waals surface area contributed by atoms with Gasteiger partial charge in [0.05, 0.1) is 5.39 Å². The summed E-state index contributed by atoms with van der Waals surface area (Å²) in [6, 6.07) is 19.3. The molecule has 32 heavy (non-hydrogen) atoms. The Kier molecular flexibility index (Phi) is 5.85. The lowest BCUT2D eigenvalue weighted by molar-refractivity contribution is -0.129. The van der Waals surface area contributed by atoms with E-state index in [-0.39, 0.29) is 11.6 Å². The summed E-state index contributed by atoms with van der Waals surface area (Å²) in [5, 5.41) is 13.5. The third kappa shape index (κ3) is 4.29. The Balaban J connectivity index is 1.58. The minimum absolute atomic E-state index is 0.0542. The third-order valence-corrected chi connectivity index (χ3v) is 5.24. The minimum Gasteiger partial charge on any atom is -0.422 e. The Morgan fingerprint density at radius 3 is 2.59 bits per heavy atom. The molecule has 8 nitrogen and oxygen atoms in total. The van der Waals surface area contributed by atoms with Gasteiger partial charge in [0.25, 0.3) is 0 Å². The van der Waals surface area contributed by atoms with Crippen LogP contribution < -0.4 is 11.0 Å². The molecule has 0 spiro atoms. The van der Waals surface area contributed by atoms with Crippen LogP contribution in [0.4, 0.5) is 11.5 Å². The van der Waals surface area contributed by atoms with E-state index in [1.807, 2.05) is 49.4 Å². The molecular weight excluding hydrogens is 406 g/mol. The largest absolute Gasteiger partial charge is 0.422 e. The zero-order valence-corrected chi connectivity index (χ0v) is 17.8. The lowest BCUT2D eigenvalue weighted by Gasteiger charge is -2.19. The number of benzene rings is 2. The Morgan fingerprint density at radius 2 is 1.88 bits per heavy atom. The van der Waals surface area contributed by atoms with Gasteiger partial charge in [0.2, 0.25) is 5.91 Å². The van der Waals surface area contributed by atoms with Gasteiger partial charge in [-0.1, -0.05) is 30.3 Å². The van der Waals surface area contributed by atoms with Gasteiger partial charge < -0.3 is 15.4 Å². The number of carbonyl (C=O) groups excluding carboxylic acids is 1. The van der Waals surface area contributed by atoms with Gasteiger partial charge in [-0.3, -0.25) is 4.79 Å². The molecule has 0 aliphatic heterocycles. The number of anilines is 2. The van der Waals surface area contributed by atoms with Gasteiger partial charge in [-0.05, 0) is 53.9 Å². The molecule has 2 heterocycles. The summed E-state index contributed by atoms with van der Waals surface area (Å²) in [4.78, 5) is 33.4. The monoisotopic (exact) mass is 429 g/mol. The zero-order valence-electron chi connectivity index (χ0n) is 17.8. The molecular formula is C24H23N5O3. The number of nitrogens with one attached hydrogen (secondary N) is 1. The predicted octanol–water partition coefficient (Wildman–Crippen LogP) is 3.81. The molecule has 0 radical (unpaired) electrons. The highest BCUT2D eigenvalue weighted by Gasteiger charge is 2.11. The highest BCUT2D eigenvalue weighted by atomic mass is 16.5. The van der Waals surface area contributed by atoms with Crippen LogP contribution in [0.2, 0.25) is 0 Å². The fourth-order valence-corrected chi connectivity index (χ4v) is 3.54. The van der Waals surface area contributed by atoms with Gasteiger partial charge in [0.15, 0.2) is 5.65 Å². The number of pyridine rings is 1. The van der Waals surface area contributed by atoms with E-state index in [1.54, 1.807) is 24.0 Å². The summed E-state index contributed by atoms with van der Waals surface area (Å²) in [5.74, 6) is 0.376. The van der Waals surface area contributed by atoms with Crippen molar-refractivity contribution in [3.63, 3.8) is 0 Å². The average molecular weight is 429 g/mol. The summed E-state index contributed by atoms with van der Waals surface area (Å²) in [5.41, 5.74) is 3.20. The first-order valence-corrected chi connectivity index (χ1v) is 10.2. The van der Waals surface area contributed by atoms with E-state index in [4.69, 9.17) is 0 Å². The lowest BCUT2D eigenvalue weighted by atomic mass is 10.0. The van der Waals surface area contributed by atoms with Crippen molar-refractivity contribution in [3.8, 4) is 11.1 Å². The van der Waals surface area contributed by atoms with Crippen molar-refractivity contribution in [2.45, 2.75) is 20.4 Å². The minimum atomic E-state index is -0.807. The summed E-state index contributed by atoms with van der Waals surface area (Å²) in [6.45, 7) is 4.78.